The van der Waals surface area contributed by atoms with Gasteiger partial charge in [-0.25, -0.2) is 0 Å². The molecule has 2 rings (SSSR count). The van der Waals surface area contributed by atoms with Gasteiger partial charge >= 0.3 is 0 Å². The molecule has 0 aromatic carbocycles. The maximum absolute atomic E-state index is 5.88. The number of thiophene rings is 1. The van der Waals surface area contributed by atoms with Gasteiger partial charge in [-0.05, 0) is 29.4 Å². The molecule has 1 fully saturated rings. The van der Waals surface area contributed by atoms with Gasteiger partial charge in [0.25, 0.3) is 0 Å². The molecular formula is C11H19N3S. The Kier molecular flexibility index (Phi) is 3.75. The van der Waals surface area contributed by atoms with Crippen molar-refractivity contribution in [2.75, 3.05) is 39.8 Å². The number of nitrogens with two attached hydrogens (primary N) is 1. The standard InChI is InChI=1S/C11H19N3S/c1-13-3-5-14(6-4-13)11(8-12)10-2-7-15-9-10/h2,7,9,11H,3-6,8,12H2,1H3. The lowest BCUT2D eigenvalue weighted by Gasteiger charge is -2.37. The van der Waals surface area contributed by atoms with Crippen LogP contribution in [0.4, 0.5) is 0 Å². The van der Waals surface area contributed by atoms with E-state index in [2.05, 4.69) is 33.7 Å². The number of hydrogen-bond acceptors (Lipinski definition) is 4. The second-order valence-corrected chi connectivity index (χ2v) is 4.93. The Bertz CT molecular complexity index is 278. The van der Waals surface area contributed by atoms with E-state index in [1.54, 1.807) is 11.3 Å². The SMILES string of the molecule is CN1CCN(C(CN)c2ccsc2)CC1. The highest BCUT2D eigenvalue weighted by atomic mass is 32.1. The normalized spacial score (nSPS) is 21.7. The molecule has 0 bridgehead atoms. The number of likely N-dealkylation sites (N-methyl/N-ethyl adjacent to an activating group) is 1. The summed E-state index contributed by atoms with van der Waals surface area (Å²) >= 11 is 1.76. The van der Waals surface area contributed by atoms with Crippen molar-refractivity contribution in [2.45, 2.75) is 6.04 Å². The first-order chi connectivity index (χ1) is 7.31. The minimum atomic E-state index is 0.421. The first kappa shape index (κ1) is 11.1. The van der Waals surface area contributed by atoms with Gasteiger partial charge in [-0.1, -0.05) is 0 Å². The second kappa shape index (κ2) is 5.07. The Morgan fingerprint density at radius 2 is 2.13 bits per heavy atom. The molecule has 84 valence electrons. The van der Waals surface area contributed by atoms with E-state index in [0.29, 0.717) is 6.04 Å². The average Bonchev–Trinajstić information content (AvgIpc) is 2.75. The zero-order valence-corrected chi connectivity index (χ0v) is 10.0. The molecule has 2 N–H and O–H groups in total. The van der Waals surface area contributed by atoms with Crippen molar-refractivity contribution in [3.05, 3.63) is 22.4 Å². The maximum atomic E-state index is 5.88. The van der Waals surface area contributed by atoms with Crippen LogP contribution in [-0.2, 0) is 0 Å². The zero-order chi connectivity index (χ0) is 10.7. The van der Waals surface area contributed by atoms with E-state index in [1.807, 2.05) is 0 Å². The predicted molar refractivity (Wildman–Crippen MR) is 65.2 cm³/mol. The Balaban J connectivity index is 2.01. The summed E-state index contributed by atoms with van der Waals surface area (Å²) in [4.78, 5) is 4.87. The highest BCUT2D eigenvalue weighted by Gasteiger charge is 2.22. The molecule has 1 aliphatic rings. The van der Waals surface area contributed by atoms with E-state index in [0.717, 1.165) is 32.7 Å². The number of nitrogens with zero attached hydrogens (tertiary/aromatic N) is 2. The van der Waals surface area contributed by atoms with Crippen molar-refractivity contribution in [2.24, 2.45) is 5.73 Å². The van der Waals surface area contributed by atoms with E-state index >= 15 is 0 Å². The van der Waals surface area contributed by atoms with Crippen molar-refractivity contribution >= 4 is 11.3 Å². The van der Waals surface area contributed by atoms with Gasteiger partial charge in [0.15, 0.2) is 0 Å². The van der Waals surface area contributed by atoms with E-state index in [9.17, 15) is 0 Å². The molecule has 3 nitrogen and oxygen atoms in total. The first-order valence-corrected chi connectivity index (χ1v) is 6.40. The van der Waals surface area contributed by atoms with Crippen LogP contribution in [0.25, 0.3) is 0 Å². The molecule has 1 aromatic rings. The highest BCUT2D eigenvalue weighted by Crippen LogP contribution is 2.22. The van der Waals surface area contributed by atoms with Gasteiger partial charge in [-0.2, -0.15) is 11.3 Å². The van der Waals surface area contributed by atoms with Crippen molar-refractivity contribution < 1.29 is 0 Å². The molecular weight excluding hydrogens is 206 g/mol. The summed E-state index contributed by atoms with van der Waals surface area (Å²) in [5, 5.41) is 4.35. The molecule has 1 atom stereocenters. The minimum absolute atomic E-state index is 0.421. The maximum Gasteiger partial charge on any atom is 0.0479 e. The van der Waals surface area contributed by atoms with Gasteiger partial charge in [0.05, 0.1) is 0 Å². The molecule has 0 spiro atoms. The topological polar surface area (TPSA) is 32.5 Å². The monoisotopic (exact) mass is 225 g/mol. The van der Waals surface area contributed by atoms with Crippen LogP contribution in [0.15, 0.2) is 16.8 Å². The lowest BCUT2D eigenvalue weighted by Crippen LogP contribution is -2.47. The fraction of sp³-hybridized carbons (Fsp3) is 0.636. The van der Waals surface area contributed by atoms with Crippen LogP contribution >= 0.6 is 11.3 Å². The Hall–Kier alpha value is -0.420. The van der Waals surface area contributed by atoms with Crippen LogP contribution < -0.4 is 5.73 Å². The lowest BCUT2D eigenvalue weighted by molar-refractivity contribution is 0.114. The van der Waals surface area contributed by atoms with Gasteiger partial charge < -0.3 is 10.6 Å². The fourth-order valence-electron chi connectivity index (χ4n) is 2.09. The van der Waals surface area contributed by atoms with Crippen molar-refractivity contribution in [3.8, 4) is 0 Å². The fourth-order valence-corrected chi connectivity index (χ4v) is 2.80. The van der Waals surface area contributed by atoms with Crippen LogP contribution in [0, 0.1) is 0 Å². The first-order valence-electron chi connectivity index (χ1n) is 5.46. The van der Waals surface area contributed by atoms with Gasteiger partial charge in [0.1, 0.15) is 0 Å². The number of hydrogen-bond donors (Lipinski definition) is 1. The van der Waals surface area contributed by atoms with Crippen molar-refractivity contribution in [3.63, 3.8) is 0 Å². The molecule has 1 aliphatic heterocycles. The molecule has 15 heavy (non-hydrogen) atoms. The molecule has 0 amide bonds. The summed E-state index contributed by atoms with van der Waals surface area (Å²) in [5.41, 5.74) is 7.26. The summed E-state index contributed by atoms with van der Waals surface area (Å²) in [6.45, 7) is 5.30. The van der Waals surface area contributed by atoms with Crippen LogP contribution in [0.5, 0.6) is 0 Å². The van der Waals surface area contributed by atoms with Crippen LogP contribution in [-0.4, -0.2) is 49.6 Å². The summed E-state index contributed by atoms with van der Waals surface area (Å²) in [5.74, 6) is 0. The third-order valence-corrected chi connectivity index (χ3v) is 3.83. The van der Waals surface area contributed by atoms with Crippen molar-refractivity contribution in [1.29, 1.82) is 0 Å². The Morgan fingerprint density at radius 3 is 2.67 bits per heavy atom. The third kappa shape index (κ3) is 2.58. The molecule has 4 heteroatoms. The van der Waals surface area contributed by atoms with E-state index in [-0.39, 0.29) is 0 Å². The Morgan fingerprint density at radius 1 is 1.40 bits per heavy atom. The summed E-state index contributed by atoms with van der Waals surface area (Å²) in [6, 6.07) is 2.62. The van der Waals surface area contributed by atoms with E-state index in [4.69, 9.17) is 5.73 Å². The van der Waals surface area contributed by atoms with Gasteiger partial charge in [-0.3, -0.25) is 4.90 Å². The van der Waals surface area contributed by atoms with E-state index in [1.165, 1.54) is 5.56 Å². The smallest absolute Gasteiger partial charge is 0.0479 e. The van der Waals surface area contributed by atoms with Gasteiger partial charge in [-0.15, -0.1) is 0 Å². The highest BCUT2D eigenvalue weighted by molar-refractivity contribution is 7.07. The molecule has 2 heterocycles. The lowest BCUT2D eigenvalue weighted by atomic mass is 10.1. The van der Waals surface area contributed by atoms with Crippen LogP contribution in [0.1, 0.15) is 11.6 Å². The summed E-state index contributed by atoms with van der Waals surface area (Å²) < 4.78 is 0. The van der Waals surface area contributed by atoms with Gasteiger partial charge in [0.2, 0.25) is 0 Å². The molecule has 0 saturated carbocycles. The minimum Gasteiger partial charge on any atom is -0.329 e. The largest absolute Gasteiger partial charge is 0.329 e. The summed E-state index contributed by atoms with van der Waals surface area (Å²) in [6.07, 6.45) is 0. The molecule has 0 aliphatic carbocycles. The molecule has 1 saturated heterocycles. The predicted octanol–water partition coefficient (Wildman–Crippen LogP) is 0.995. The van der Waals surface area contributed by atoms with Crippen LogP contribution in [0.3, 0.4) is 0 Å². The number of rotatable bonds is 3. The Labute approximate surface area is 95.5 Å². The molecule has 0 radical (unpaired) electrons. The van der Waals surface area contributed by atoms with E-state index < -0.39 is 0 Å². The summed E-state index contributed by atoms with van der Waals surface area (Å²) in [7, 11) is 2.18. The zero-order valence-electron chi connectivity index (χ0n) is 9.22. The molecule has 1 unspecified atom stereocenters. The third-order valence-electron chi connectivity index (χ3n) is 3.13. The quantitative estimate of drug-likeness (QED) is 0.833. The van der Waals surface area contributed by atoms with Crippen LogP contribution in [0.2, 0.25) is 0 Å². The van der Waals surface area contributed by atoms with Gasteiger partial charge in [0, 0.05) is 38.8 Å². The molecule has 1 aromatic heterocycles. The second-order valence-electron chi connectivity index (χ2n) is 4.15. The van der Waals surface area contributed by atoms with Crippen molar-refractivity contribution in [1.82, 2.24) is 9.80 Å². The average molecular weight is 225 g/mol. The number of piperazine rings is 1.